The van der Waals surface area contributed by atoms with E-state index in [2.05, 4.69) is 15.5 Å². The van der Waals surface area contributed by atoms with E-state index in [4.69, 9.17) is 16.3 Å². The third-order valence-corrected chi connectivity index (χ3v) is 6.20. The highest BCUT2D eigenvalue weighted by molar-refractivity contribution is 6.32. The topological polar surface area (TPSA) is 111 Å². The summed E-state index contributed by atoms with van der Waals surface area (Å²) in [6.45, 7) is 1.29. The molecule has 8 nitrogen and oxygen atoms in total. The predicted molar refractivity (Wildman–Crippen MR) is 133 cm³/mol. The van der Waals surface area contributed by atoms with E-state index in [0.717, 1.165) is 16.8 Å². The quantitative estimate of drug-likeness (QED) is 0.303. The van der Waals surface area contributed by atoms with Gasteiger partial charge in [0.25, 0.3) is 0 Å². The lowest BCUT2D eigenvalue weighted by atomic mass is 10.0. The highest BCUT2D eigenvalue weighted by Gasteiger charge is 2.27. The molecule has 0 spiro atoms. The van der Waals surface area contributed by atoms with Crippen LogP contribution in [0.5, 0.6) is 17.2 Å². The van der Waals surface area contributed by atoms with Crippen molar-refractivity contribution >= 4 is 23.3 Å². The maximum absolute atomic E-state index is 13.0. The summed E-state index contributed by atoms with van der Waals surface area (Å²) in [7, 11) is 0. The molecule has 1 aliphatic heterocycles. The van der Waals surface area contributed by atoms with Crippen molar-refractivity contribution in [2.45, 2.75) is 19.6 Å². The molecular formula is C26H23ClN4O4. The van der Waals surface area contributed by atoms with Gasteiger partial charge in [0, 0.05) is 41.5 Å². The minimum Gasteiger partial charge on any atom is -0.507 e. The Morgan fingerprint density at radius 2 is 1.86 bits per heavy atom. The highest BCUT2D eigenvalue weighted by atomic mass is 35.5. The molecule has 0 saturated heterocycles. The Balaban J connectivity index is 1.25. The molecule has 4 aromatic rings. The summed E-state index contributed by atoms with van der Waals surface area (Å²) in [4.78, 5) is 14.6. The number of aromatic hydroxyl groups is 2. The first-order valence-electron chi connectivity index (χ1n) is 11.1. The van der Waals surface area contributed by atoms with Crippen molar-refractivity contribution < 1.29 is 19.7 Å². The van der Waals surface area contributed by atoms with Gasteiger partial charge < -0.3 is 25.2 Å². The third-order valence-electron chi connectivity index (χ3n) is 5.89. The molecule has 1 aromatic heterocycles. The molecule has 0 bridgehead atoms. The van der Waals surface area contributed by atoms with Crippen molar-refractivity contribution in [2.75, 3.05) is 11.9 Å². The van der Waals surface area contributed by atoms with Gasteiger partial charge in [-0.1, -0.05) is 41.9 Å². The van der Waals surface area contributed by atoms with E-state index in [1.54, 1.807) is 17.0 Å². The second-order valence-electron chi connectivity index (χ2n) is 8.25. The zero-order chi connectivity index (χ0) is 24.4. The van der Waals surface area contributed by atoms with Crippen LogP contribution >= 0.6 is 11.6 Å². The van der Waals surface area contributed by atoms with E-state index in [1.807, 2.05) is 42.5 Å². The van der Waals surface area contributed by atoms with Crippen molar-refractivity contribution in [2.24, 2.45) is 0 Å². The first-order valence-corrected chi connectivity index (χ1v) is 11.5. The van der Waals surface area contributed by atoms with Crippen molar-refractivity contribution in [3.63, 3.8) is 0 Å². The Kier molecular flexibility index (Phi) is 6.20. The van der Waals surface area contributed by atoms with Crippen molar-refractivity contribution in [3.05, 3.63) is 88.6 Å². The Bertz CT molecular complexity index is 1360. The lowest BCUT2D eigenvalue weighted by molar-refractivity contribution is 0.206. The zero-order valence-corrected chi connectivity index (χ0v) is 19.4. The fourth-order valence-corrected chi connectivity index (χ4v) is 4.17. The Labute approximate surface area is 206 Å². The number of H-pyrrole nitrogens is 1. The number of benzene rings is 3. The molecule has 0 saturated carbocycles. The number of fused-ring (bicyclic) bond motifs is 1. The van der Waals surface area contributed by atoms with Crippen LogP contribution in [0.4, 0.5) is 10.5 Å². The van der Waals surface area contributed by atoms with E-state index >= 15 is 0 Å². The van der Waals surface area contributed by atoms with Crippen LogP contribution in [-0.2, 0) is 19.6 Å². The van der Waals surface area contributed by atoms with Gasteiger partial charge in [0.05, 0.1) is 11.6 Å². The largest absolute Gasteiger partial charge is 0.507 e. The van der Waals surface area contributed by atoms with E-state index in [1.165, 1.54) is 12.1 Å². The number of hydrogen-bond acceptors (Lipinski definition) is 5. The van der Waals surface area contributed by atoms with Crippen LogP contribution in [-0.4, -0.2) is 37.9 Å². The first kappa shape index (κ1) is 22.6. The molecule has 2 heterocycles. The fourth-order valence-electron chi connectivity index (χ4n) is 4.01. The van der Waals surface area contributed by atoms with Crippen LogP contribution in [0.15, 0.2) is 66.7 Å². The normalized spacial score (nSPS) is 12.8. The molecule has 178 valence electrons. The number of urea groups is 1. The number of rotatable bonds is 5. The number of aromatic nitrogens is 2. The number of carbonyl (C=O) groups is 1. The monoisotopic (exact) mass is 490 g/mol. The number of ether oxygens (including phenoxy) is 1. The highest BCUT2D eigenvalue weighted by Crippen LogP contribution is 2.39. The summed E-state index contributed by atoms with van der Waals surface area (Å²) in [6.07, 6.45) is 0.592. The van der Waals surface area contributed by atoms with Gasteiger partial charge in [-0.25, -0.2) is 4.79 Å². The maximum Gasteiger partial charge on any atom is 0.322 e. The average molecular weight is 491 g/mol. The number of amides is 2. The number of phenolic OH excluding ortho intramolecular Hbond substituents is 2. The number of halogens is 1. The Morgan fingerprint density at radius 1 is 1.09 bits per heavy atom. The van der Waals surface area contributed by atoms with Crippen LogP contribution in [0.3, 0.4) is 0 Å². The van der Waals surface area contributed by atoms with E-state index < -0.39 is 0 Å². The molecule has 9 heteroatoms. The molecule has 1 aliphatic rings. The van der Waals surface area contributed by atoms with Gasteiger partial charge in [0.15, 0.2) is 0 Å². The summed E-state index contributed by atoms with van der Waals surface area (Å²) in [5.41, 5.74) is 4.32. The summed E-state index contributed by atoms with van der Waals surface area (Å²) in [5.74, 6) is 0.358. The second kappa shape index (κ2) is 9.60. The van der Waals surface area contributed by atoms with Gasteiger partial charge in [-0.2, -0.15) is 5.10 Å². The third kappa shape index (κ3) is 4.88. The second-order valence-corrected chi connectivity index (χ2v) is 8.66. The number of nitrogens with zero attached hydrogens (tertiary/aromatic N) is 2. The van der Waals surface area contributed by atoms with Gasteiger partial charge in [-0.05, 0) is 35.9 Å². The lowest BCUT2D eigenvalue weighted by Gasteiger charge is -2.27. The summed E-state index contributed by atoms with van der Waals surface area (Å²) >= 11 is 6.03. The first-order chi connectivity index (χ1) is 17.0. The van der Waals surface area contributed by atoms with Crippen LogP contribution in [0.2, 0.25) is 5.02 Å². The molecule has 0 radical (unpaired) electrons. The number of hydrogen-bond donors (Lipinski definition) is 4. The molecule has 35 heavy (non-hydrogen) atoms. The van der Waals surface area contributed by atoms with Crippen LogP contribution in [0.1, 0.15) is 16.8 Å². The average Bonchev–Trinajstić information content (AvgIpc) is 3.29. The predicted octanol–water partition coefficient (Wildman–Crippen LogP) is 5.31. The number of anilines is 1. The van der Waals surface area contributed by atoms with Crippen LogP contribution < -0.4 is 10.1 Å². The van der Waals surface area contributed by atoms with Crippen molar-refractivity contribution in [1.82, 2.24) is 15.1 Å². The Hall–Kier alpha value is -4.17. The maximum atomic E-state index is 13.0. The fraction of sp³-hybridized carbons (Fsp3) is 0.154. The molecule has 0 aliphatic carbocycles. The molecular weight excluding hydrogens is 468 g/mol. The zero-order valence-electron chi connectivity index (χ0n) is 18.7. The summed E-state index contributed by atoms with van der Waals surface area (Å²) in [5, 5.41) is 30.4. The van der Waals surface area contributed by atoms with Crippen LogP contribution in [0.25, 0.3) is 11.3 Å². The van der Waals surface area contributed by atoms with Crippen LogP contribution in [0, 0.1) is 0 Å². The van der Waals surface area contributed by atoms with Gasteiger partial charge in [0.2, 0.25) is 0 Å². The molecule has 0 unspecified atom stereocenters. The smallest absolute Gasteiger partial charge is 0.322 e. The number of aromatic amines is 1. The van der Waals surface area contributed by atoms with Gasteiger partial charge in [-0.3, -0.25) is 5.10 Å². The Morgan fingerprint density at radius 3 is 2.63 bits per heavy atom. The summed E-state index contributed by atoms with van der Waals surface area (Å²) < 4.78 is 5.80. The molecule has 3 aromatic carbocycles. The molecule has 2 amide bonds. The van der Waals surface area contributed by atoms with Gasteiger partial charge in [-0.15, -0.1) is 0 Å². The van der Waals surface area contributed by atoms with Gasteiger partial charge in [0.1, 0.15) is 29.5 Å². The molecule has 0 atom stereocenters. The van der Waals surface area contributed by atoms with E-state index in [0.29, 0.717) is 48.8 Å². The van der Waals surface area contributed by atoms with E-state index in [9.17, 15) is 15.0 Å². The minimum atomic E-state index is -0.242. The molecule has 0 fully saturated rings. The van der Waals surface area contributed by atoms with Crippen molar-refractivity contribution in [3.8, 4) is 28.5 Å². The van der Waals surface area contributed by atoms with Crippen molar-refractivity contribution in [1.29, 1.82) is 0 Å². The number of phenols is 2. The number of carbonyl (C=O) groups excluding carboxylic acids is 1. The minimum absolute atomic E-state index is 0.108. The standard InChI is InChI=1S/C26H23ClN4O4/c27-21-12-19(23(32)13-24(21)33)25-20-14-31(11-10-22(20)29-30-25)26(34)28-17-6-8-18(9-7-17)35-15-16-4-2-1-3-5-16/h1-9,12-13,32-33H,10-11,14-15H2,(H,28,34)(H,29,30). The number of nitrogens with one attached hydrogen (secondary N) is 2. The van der Waals surface area contributed by atoms with Gasteiger partial charge >= 0.3 is 6.03 Å². The molecule has 5 rings (SSSR count). The molecule has 4 N–H and O–H groups in total. The SMILES string of the molecule is O=C(Nc1ccc(OCc2ccccc2)cc1)N1CCc2[nH]nc(-c3cc(Cl)c(O)cc3O)c2C1. The lowest BCUT2D eigenvalue weighted by Crippen LogP contribution is -2.38. The van der Waals surface area contributed by atoms with E-state index in [-0.39, 0.29) is 22.6 Å². The summed E-state index contributed by atoms with van der Waals surface area (Å²) in [6, 6.07) is 19.5.